The third-order valence-electron chi connectivity index (χ3n) is 3.63. The highest BCUT2D eigenvalue weighted by Gasteiger charge is 2.14. The Balaban J connectivity index is 1.91. The molecule has 1 aromatic carbocycles. The largest absolute Gasteiger partial charge is 0.381 e. The van der Waals surface area contributed by atoms with E-state index in [1.165, 1.54) is 22.7 Å². The molecule has 24 heavy (non-hydrogen) atoms. The van der Waals surface area contributed by atoms with Gasteiger partial charge in [0.25, 0.3) is 0 Å². The Labute approximate surface area is 140 Å². The summed E-state index contributed by atoms with van der Waals surface area (Å²) < 4.78 is 1.39. The molecule has 1 atom stereocenters. The first kappa shape index (κ1) is 17.7. The Kier molecular flexibility index (Phi) is 5.68. The Morgan fingerprint density at radius 3 is 2.50 bits per heavy atom. The van der Waals surface area contributed by atoms with Crippen LogP contribution in [0.15, 0.2) is 36.8 Å². The molecule has 1 amide bonds. The molecular formula is C17H22N4O3. The Bertz CT molecular complexity index is 707. The molecule has 1 N–H and O–H groups in total. The molecule has 7 heteroatoms. The number of aromatic nitrogens is 2. The minimum atomic E-state index is -0.588. The van der Waals surface area contributed by atoms with E-state index in [0.29, 0.717) is 5.92 Å². The van der Waals surface area contributed by atoms with E-state index >= 15 is 0 Å². The fourth-order valence-electron chi connectivity index (χ4n) is 2.48. The van der Waals surface area contributed by atoms with Crippen molar-refractivity contribution in [1.82, 2.24) is 14.9 Å². The second-order valence-corrected chi connectivity index (χ2v) is 6.29. The van der Waals surface area contributed by atoms with Crippen LogP contribution in [0, 0.1) is 16.0 Å². The SMILES string of the molecule is CC(C)Cc1ccc(C(C)NC(=O)Cn2cnc([N+](=O)[O-])c2)cc1. The summed E-state index contributed by atoms with van der Waals surface area (Å²) in [7, 11) is 0. The average molecular weight is 330 g/mol. The molecule has 0 radical (unpaired) electrons. The molecule has 128 valence electrons. The van der Waals surface area contributed by atoms with Crippen molar-refractivity contribution in [3.63, 3.8) is 0 Å². The first-order valence-electron chi connectivity index (χ1n) is 7.89. The third kappa shape index (κ3) is 4.91. The summed E-state index contributed by atoms with van der Waals surface area (Å²) in [5.74, 6) is 0.116. The highest BCUT2D eigenvalue weighted by atomic mass is 16.6. The predicted octanol–water partition coefficient (Wildman–Crippen LogP) is 2.87. The second-order valence-electron chi connectivity index (χ2n) is 6.29. The summed E-state index contributed by atoms with van der Waals surface area (Å²) in [6, 6.07) is 8.06. The molecule has 0 spiro atoms. The fourth-order valence-corrected chi connectivity index (χ4v) is 2.48. The van der Waals surface area contributed by atoms with Crippen LogP contribution in [-0.2, 0) is 17.8 Å². The summed E-state index contributed by atoms with van der Waals surface area (Å²) in [6.45, 7) is 6.26. The Hall–Kier alpha value is -2.70. The van der Waals surface area contributed by atoms with E-state index < -0.39 is 4.92 Å². The van der Waals surface area contributed by atoms with E-state index in [4.69, 9.17) is 0 Å². The fraction of sp³-hybridized carbons (Fsp3) is 0.412. The average Bonchev–Trinajstić information content (AvgIpc) is 2.95. The molecule has 0 aliphatic rings. The van der Waals surface area contributed by atoms with E-state index in [1.54, 1.807) is 0 Å². The molecule has 1 aromatic heterocycles. The van der Waals surface area contributed by atoms with Gasteiger partial charge in [-0.25, -0.2) is 0 Å². The third-order valence-corrected chi connectivity index (χ3v) is 3.63. The van der Waals surface area contributed by atoms with E-state index in [0.717, 1.165) is 12.0 Å². The molecule has 1 unspecified atom stereocenters. The van der Waals surface area contributed by atoms with Gasteiger partial charge in [-0.2, -0.15) is 0 Å². The molecule has 0 saturated carbocycles. The van der Waals surface area contributed by atoms with Crippen molar-refractivity contribution in [3.05, 3.63) is 58.0 Å². The van der Waals surface area contributed by atoms with Crippen molar-refractivity contribution < 1.29 is 9.72 Å². The summed E-state index contributed by atoms with van der Waals surface area (Å²) in [5, 5.41) is 13.5. The van der Waals surface area contributed by atoms with Crippen LogP contribution in [0.5, 0.6) is 0 Å². The molecule has 0 aliphatic heterocycles. The van der Waals surface area contributed by atoms with Crippen LogP contribution in [0.2, 0.25) is 0 Å². The van der Waals surface area contributed by atoms with Gasteiger partial charge >= 0.3 is 5.82 Å². The van der Waals surface area contributed by atoms with Crippen molar-refractivity contribution >= 4 is 11.7 Å². The number of benzene rings is 1. The topological polar surface area (TPSA) is 90.1 Å². The number of imidazole rings is 1. The minimum Gasteiger partial charge on any atom is -0.358 e. The second kappa shape index (κ2) is 7.72. The number of nitro groups is 1. The molecular weight excluding hydrogens is 308 g/mol. The van der Waals surface area contributed by atoms with Crippen LogP contribution < -0.4 is 5.32 Å². The number of hydrogen-bond donors (Lipinski definition) is 1. The van der Waals surface area contributed by atoms with E-state index in [2.05, 4.69) is 36.3 Å². The lowest BCUT2D eigenvalue weighted by atomic mass is 10.00. The maximum Gasteiger partial charge on any atom is 0.381 e. The number of rotatable bonds is 7. The number of carbonyl (C=O) groups excluding carboxylic acids is 1. The molecule has 0 fully saturated rings. The smallest absolute Gasteiger partial charge is 0.358 e. The normalized spacial score (nSPS) is 12.2. The highest BCUT2D eigenvalue weighted by molar-refractivity contribution is 5.76. The first-order chi connectivity index (χ1) is 11.3. The molecule has 1 heterocycles. The lowest BCUT2D eigenvalue weighted by molar-refractivity contribution is -0.389. The predicted molar refractivity (Wildman–Crippen MR) is 90.4 cm³/mol. The molecule has 0 saturated heterocycles. The maximum atomic E-state index is 12.1. The van der Waals surface area contributed by atoms with E-state index in [1.807, 2.05) is 19.1 Å². The zero-order valence-electron chi connectivity index (χ0n) is 14.1. The number of nitrogens with zero attached hydrogens (tertiary/aromatic N) is 3. The summed E-state index contributed by atoms with van der Waals surface area (Å²) >= 11 is 0. The Morgan fingerprint density at radius 2 is 1.96 bits per heavy atom. The highest BCUT2D eigenvalue weighted by Crippen LogP contribution is 2.15. The molecule has 0 bridgehead atoms. The quantitative estimate of drug-likeness (QED) is 0.624. The van der Waals surface area contributed by atoms with Gasteiger partial charge in [-0.3, -0.25) is 4.79 Å². The lowest BCUT2D eigenvalue weighted by Gasteiger charge is -2.15. The molecule has 2 rings (SSSR count). The van der Waals surface area contributed by atoms with Gasteiger partial charge in [0.15, 0.2) is 0 Å². The monoisotopic (exact) mass is 330 g/mol. The summed E-state index contributed by atoms with van der Waals surface area (Å²) in [4.78, 5) is 25.7. The van der Waals surface area contributed by atoms with Gasteiger partial charge in [0.05, 0.1) is 6.04 Å². The van der Waals surface area contributed by atoms with Gasteiger partial charge in [0.2, 0.25) is 12.2 Å². The number of amides is 1. The first-order valence-corrected chi connectivity index (χ1v) is 7.89. The van der Waals surface area contributed by atoms with Gasteiger partial charge in [-0.1, -0.05) is 38.1 Å². The van der Waals surface area contributed by atoms with Crippen LogP contribution >= 0.6 is 0 Å². The van der Waals surface area contributed by atoms with Crippen LogP contribution in [0.1, 0.15) is 37.9 Å². The maximum absolute atomic E-state index is 12.1. The van der Waals surface area contributed by atoms with Crippen molar-refractivity contribution in [2.75, 3.05) is 0 Å². The molecule has 7 nitrogen and oxygen atoms in total. The standard InChI is InChI=1S/C17H22N4O3/c1-12(2)8-14-4-6-15(7-5-14)13(3)19-17(22)10-20-9-16(18-11-20)21(23)24/h4-7,9,11-13H,8,10H2,1-3H3,(H,19,22). The van der Waals surface area contributed by atoms with Crippen LogP contribution in [0.4, 0.5) is 5.82 Å². The Morgan fingerprint density at radius 1 is 1.29 bits per heavy atom. The zero-order valence-corrected chi connectivity index (χ0v) is 14.1. The molecule has 0 aliphatic carbocycles. The van der Waals surface area contributed by atoms with Crippen LogP contribution in [0.25, 0.3) is 0 Å². The zero-order chi connectivity index (χ0) is 17.7. The summed E-state index contributed by atoms with van der Waals surface area (Å²) in [6.07, 6.45) is 3.55. The van der Waals surface area contributed by atoms with Crippen molar-refractivity contribution in [3.8, 4) is 0 Å². The van der Waals surface area contributed by atoms with Gasteiger partial charge in [-0.05, 0) is 40.3 Å². The number of nitrogens with one attached hydrogen (secondary N) is 1. The van der Waals surface area contributed by atoms with Crippen LogP contribution in [0.3, 0.4) is 0 Å². The van der Waals surface area contributed by atoms with Crippen molar-refractivity contribution in [1.29, 1.82) is 0 Å². The van der Waals surface area contributed by atoms with E-state index in [-0.39, 0.29) is 24.3 Å². The van der Waals surface area contributed by atoms with Gasteiger partial charge in [0.1, 0.15) is 12.7 Å². The van der Waals surface area contributed by atoms with Crippen LogP contribution in [-0.4, -0.2) is 20.4 Å². The van der Waals surface area contributed by atoms with Gasteiger partial charge < -0.3 is 20.0 Å². The van der Waals surface area contributed by atoms with Gasteiger partial charge in [-0.15, -0.1) is 0 Å². The number of carbonyl (C=O) groups is 1. The molecule has 2 aromatic rings. The summed E-state index contributed by atoms with van der Waals surface area (Å²) in [5.41, 5.74) is 2.30. The lowest BCUT2D eigenvalue weighted by Crippen LogP contribution is -2.29. The van der Waals surface area contributed by atoms with Gasteiger partial charge in [0, 0.05) is 0 Å². The van der Waals surface area contributed by atoms with Crippen molar-refractivity contribution in [2.24, 2.45) is 5.92 Å². The number of hydrogen-bond acceptors (Lipinski definition) is 4. The minimum absolute atomic E-state index is 0.00336. The van der Waals surface area contributed by atoms with Crippen molar-refractivity contribution in [2.45, 2.75) is 39.8 Å². The van der Waals surface area contributed by atoms with E-state index in [9.17, 15) is 14.9 Å².